The molecule has 2 heterocycles. The smallest absolute Gasteiger partial charge is 0.331 e. The highest BCUT2D eigenvalue weighted by Gasteiger charge is 2.29. The Morgan fingerprint density at radius 1 is 1.29 bits per heavy atom. The molecule has 0 saturated carbocycles. The van der Waals surface area contributed by atoms with Crippen LogP contribution in [0.4, 0.5) is 0 Å². The number of aromatic nitrogens is 1. The third-order valence-corrected chi connectivity index (χ3v) is 5.51. The summed E-state index contributed by atoms with van der Waals surface area (Å²) in [6.45, 7) is 4.37. The zero-order valence-electron chi connectivity index (χ0n) is 16.2. The summed E-state index contributed by atoms with van der Waals surface area (Å²) in [6, 6.07) is 14.3. The van der Waals surface area contributed by atoms with Crippen LogP contribution < -0.4 is 0 Å². The van der Waals surface area contributed by atoms with Crippen LogP contribution in [0.3, 0.4) is 0 Å². The summed E-state index contributed by atoms with van der Waals surface area (Å²) in [4.78, 5) is 16.5. The molecule has 0 saturated heterocycles. The van der Waals surface area contributed by atoms with E-state index in [0.29, 0.717) is 5.56 Å². The fourth-order valence-corrected chi connectivity index (χ4v) is 4.26. The molecule has 0 fully saturated rings. The highest BCUT2D eigenvalue weighted by atomic mass is 16.7. The standard InChI is InChI=1S/C23H23N3O2/c1-3-4-5-7-17-14-26-21-11-10-16(13-24)12-20(21)18-8-6-9-19(23(18)26)22(17)25-28-15(2)27/h6,8-12,17H,3-5,7,14H2,1-2H3/b25-22+. The zero-order valence-corrected chi connectivity index (χ0v) is 16.2. The van der Waals surface area contributed by atoms with Gasteiger partial charge in [-0.15, -0.1) is 0 Å². The zero-order chi connectivity index (χ0) is 19.7. The van der Waals surface area contributed by atoms with Gasteiger partial charge in [0.1, 0.15) is 0 Å². The first-order valence-corrected chi connectivity index (χ1v) is 9.85. The van der Waals surface area contributed by atoms with E-state index in [4.69, 9.17) is 4.84 Å². The minimum absolute atomic E-state index is 0.190. The molecule has 0 amide bonds. The van der Waals surface area contributed by atoms with Gasteiger partial charge in [-0.1, -0.05) is 49.5 Å². The lowest BCUT2D eigenvalue weighted by molar-refractivity contribution is -0.140. The van der Waals surface area contributed by atoms with Crippen molar-refractivity contribution in [1.29, 1.82) is 5.26 Å². The van der Waals surface area contributed by atoms with Crippen molar-refractivity contribution in [2.24, 2.45) is 11.1 Å². The summed E-state index contributed by atoms with van der Waals surface area (Å²) in [5, 5.41) is 15.8. The van der Waals surface area contributed by atoms with E-state index in [1.54, 1.807) is 0 Å². The Balaban J connectivity index is 1.92. The maximum atomic E-state index is 11.4. The fourth-order valence-electron chi connectivity index (χ4n) is 4.26. The van der Waals surface area contributed by atoms with E-state index >= 15 is 0 Å². The van der Waals surface area contributed by atoms with E-state index in [1.807, 2.05) is 24.3 Å². The van der Waals surface area contributed by atoms with Gasteiger partial charge < -0.3 is 9.40 Å². The quantitative estimate of drug-likeness (QED) is 0.353. The number of carbonyl (C=O) groups is 1. The first-order chi connectivity index (χ1) is 13.6. The Morgan fingerprint density at radius 2 is 2.14 bits per heavy atom. The number of benzene rings is 2. The van der Waals surface area contributed by atoms with Gasteiger partial charge in [-0.25, -0.2) is 4.79 Å². The van der Waals surface area contributed by atoms with Crippen LogP contribution in [0.1, 0.15) is 50.7 Å². The second-order valence-corrected chi connectivity index (χ2v) is 7.41. The van der Waals surface area contributed by atoms with Crippen molar-refractivity contribution in [3.63, 3.8) is 0 Å². The molecule has 1 aliphatic rings. The molecule has 4 rings (SSSR count). The first-order valence-electron chi connectivity index (χ1n) is 9.85. The van der Waals surface area contributed by atoms with E-state index in [1.165, 1.54) is 13.3 Å². The van der Waals surface area contributed by atoms with Gasteiger partial charge in [0.2, 0.25) is 0 Å². The van der Waals surface area contributed by atoms with E-state index in [2.05, 4.69) is 34.8 Å². The Morgan fingerprint density at radius 3 is 2.89 bits per heavy atom. The number of para-hydroxylation sites is 1. The van der Waals surface area contributed by atoms with Gasteiger partial charge >= 0.3 is 5.97 Å². The lowest BCUT2D eigenvalue weighted by Gasteiger charge is -2.26. The van der Waals surface area contributed by atoms with E-state index in [-0.39, 0.29) is 5.92 Å². The van der Waals surface area contributed by atoms with Crippen molar-refractivity contribution in [1.82, 2.24) is 4.57 Å². The number of oxime groups is 1. The van der Waals surface area contributed by atoms with Crippen LogP contribution in [0.5, 0.6) is 0 Å². The largest absolute Gasteiger partial charge is 0.339 e. The van der Waals surface area contributed by atoms with Crippen LogP contribution in [0, 0.1) is 17.2 Å². The van der Waals surface area contributed by atoms with Gasteiger partial charge in [0, 0.05) is 41.2 Å². The molecule has 28 heavy (non-hydrogen) atoms. The molecule has 1 atom stereocenters. The molecular formula is C23H23N3O2. The molecule has 3 aromatic rings. The monoisotopic (exact) mass is 373 g/mol. The molecule has 1 aromatic heterocycles. The maximum absolute atomic E-state index is 11.4. The average Bonchev–Trinajstić information content (AvgIpc) is 3.02. The lowest BCUT2D eigenvalue weighted by Crippen LogP contribution is -2.27. The summed E-state index contributed by atoms with van der Waals surface area (Å²) >= 11 is 0. The van der Waals surface area contributed by atoms with Crippen LogP contribution >= 0.6 is 0 Å². The van der Waals surface area contributed by atoms with E-state index in [9.17, 15) is 10.1 Å². The Bertz CT molecular complexity index is 1130. The maximum Gasteiger partial charge on any atom is 0.331 e. The number of fused-ring (bicyclic) bond motifs is 3. The van der Waals surface area contributed by atoms with Crippen molar-refractivity contribution in [2.45, 2.75) is 46.1 Å². The highest BCUT2D eigenvalue weighted by Crippen LogP contribution is 2.38. The van der Waals surface area contributed by atoms with Crippen molar-refractivity contribution < 1.29 is 9.63 Å². The molecule has 5 nitrogen and oxygen atoms in total. The summed E-state index contributed by atoms with van der Waals surface area (Å²) < 4.78 is 2.34. The van der Waals surface area contributed by atoms with Gasteiger partial charge in [-0.05, 0) is 24.6 Å². The van der Waals surface area contributed by atoms with Gasteiger partial charge in [-0.2, -0.15) is 5.26 Å². The fraction of sp³-hybridized carbons (Fsp3) is 0.348. The van der Waals surface area contributed by atoms with Crippen LogP contribution in [0.25, 0.3) is 21.8 Å². The Hall–Kier alpha value is -3.13. The molecule has 0 radical (unpaired) electrons. The summed E-state index contributed by atoms with van der Waals surface area (Å²) in [5.74, 6) is -0.216. The molecule has 5 heteroatoms. The third kappa shape index (κ3) is 3.05. The number of nitriles is 1. The normalized spacial score (nSPS) is 17.2. The Labute approximate surface area is 164 Å². The molecular weight excluding hydrogens is 350 g/mol. The second kappa shape index (κ2) is 7.47. The van der Waals surface area contributed by atoms with Crippen LogP contribution in [-0.2, 0) is 16.2 Å². The highest BCUT2D eigenvalue weighted by molar-refractivity contribution is 6.19. The molecule has 1 aliphatic heterocycles. The number of hydrogen-bond acceptors (Lipinski definition) is 4. The molecule has 0 spiro atoms. The van der Waals surface area contributed by atoms with Gasteiger partial charge in [0.25, 0.3) is 0 Å². The average molecular weight is 373 g/mol. The number of carbonyl (C=O) groups excluding carboxylic acids is 1. The summed E-state index contributed by atoms with van der Waals surface area (Å²) in [5.41, 5.74) is 4.76. The molecule has 0 N–H and O–H groups in total. The summed E-state index contributed by atoms with van der Waals surface area (Å²) in [6.07, 6.45) is 4.45. The minimum atomic E-state index is -0.406. The molecule has 142 valence electrons. The van der Waals surface area contributed by atoms with E-state index in [0.717, 1.165) is 58.9 Å². The minimum Gasteiger partial charge on any atom is -0.339 e. The number of unbranched alkanes of at least 4 members (excludes halogenated alkanes) is 2. The predicted molar refractivity (Wildman–Crippen MR) is 110 cm³/mol. The molecule has 1 unspecified atom stereocenters. The second-order valence-electron chi connectivity index (χ2n) is 7.41. The molecule has 0 bridgehead atoms. The van der Waals surface area contributed by atoms with Crippen molar-refractivity contribution >= 4 is 33.5 Å². The number of rotatable bonds is 5. The molecule has 0 aliphatic carbocycles. The van der Waals surface area contributed by atoms with Gasteiger partial charge in [0.05, 0.1) is 22.9 Å². The van der Waals surface area contributed by atoms with Crippen molar-refractivity contribution in [3.05, 3.63) is 47.5 Å². The predicted octanol–water partition coefficient (Wildman–Crippen LogP) is 5.14. The molecule has 2 aromatic carbocycles. The first kappa shape index (κ1) is 18.2. The number of nitrogens with zero attached hydrogens (tertiary/aromatic N) is 3. The topological polar surface area (TPSA) is 67.4 Å². The van der Waals surface area contributed by atoms with Crippen LogP contribution in [0.2, 0.25) is 0 Å². The lowest BCUT2D eigenvalue weighted by atomic mass is 9.88. The van der Waals surface area contributed by atoms with Crippen LogP contribution in [-0.4, -0.2) is 16.2 Å². The van der Waals surface area contributed by atoms with Gasteiger partial charge in [-0.3, -0.25) is 0 Å². The van der Waals surface area contributed by atoms with Crippen molar-refractivity contribution in [2.75, 3.05) is 0 Å². The third-order valence-electron chi connectivity index (χ3n) is 5.51. The van der Waals surface area contributed by atoms with Crippen LogP contribution in [0.15, 0.2) is 41.6 Å². The van der Waals surface area contributed by atoms with Crippen molar-refractivity contribution in [3.8, 4) is 6.07 Å². The van der Waals surface area contributed by atoms with Gasteiger partial charge in [0.15, 0.2) is 0 Å². The number of hydrogen-bond donors (Lipinski definition) is 0. The van der Waals surface area contributed by atoms with E-state index < -0.39 is 5.97 Å². The Kier molecular flexibility index (Phi) is 4.87. The summed E-state index contributed by atoms with van der Waals surface area (Å²) in [7, 11) is 0. The SMILES string of the molecule is CCCCCC1Cn2c3ccc(C#N)cc3c3cccc(c32)/C1=N/OC(C)=O.